The Labute approximate surface area is 159 Å². The van der Waals surface area contributed by atoms with E-state index in [-0.39, 0.29) is 5.97 Å². The van der Waals surface area contributed by atoms with Crippen LogP contribution in [0.3, 0.4) is 0 Å². The van der Waals surface area contributed by atoms with Gasteiger partial charge in [0.15, 0.2) is 0 Å². The van der Waals surface area contributed by atoms with Gasteiger partial charge in [0.2, 0.25) is 0 Å². The van der Waals surface area contributed by atoms with Crippen LogP contribution in [0.25, 0.3) is 0 Å². The van der Waals surface area contributed by atoms with Crippen LogP contribution in [0.5, 0.6) is 5.75 Å². The van der Waals surface area contributed by atoms with Crippen LogP contribution < -0.4 is 4.74 Å². The van der Waals surface area contributed by atoms with Gasteiger partial charge in [-0.15, -0.1) is 0 Å². The van der Waals surface area contributed by atoms with Crippen molar-refractivity contribution in [1.29, 1.82) is 0 Å². The normalized spacial score (nSPS) is 12.4. The summed E-state index contributed by atoms with van der Waals surface area (Å²) in [4.78, 5) is 12.4. The third-order valence-corrected chi connectivity index (χ3v) is 4.78. The second-order valence-corrected chi connectivity index (χ2v) is 6.72. The number of hydrogen-bond donors (Lipinski definition) is 0. The van der Waals surface area contributed by atoms with Crippen molar-refractivity contribution in [3.05, 3.63) is 101 Å². The highest BCUT2D eigenvalue weighted by molar-refractivity contribution is 5.91. The molecule has 2 heteroatoms. The van der Waals surface area contributed by atoms with Gasteiger partial charge in [-0.2, -0.15) is 0 Å². The molecule has 0 spiro atoms. The first-order valence-electron chi connectivity index (χ1n) is 9.29. The van der Waals surface area contributed by atoms with E-state index in [0.717, 1.165) is 24.0 Å². The molecule has 27 heavy (non-hydrogen) atoms. The molecule has 0 saturated carbocycles. The number of rotatable bonds is 2. The Bertz CT molecular complexity index is 1010. The first-order chi connectivity index (χ1) is 13.3. The van der Waals surface area contributed by atoms with E-state index < -0.39 is 0 Å². The molecule has 0 atom stereocenters. The second-order valence-electron chi connectivity index (χ2n) is 6.72. The molecule has 2 nitrogen and oxygen atoms in total. The van der Waals surface area contributed by atoms with Crippen molar-refractivity contribution in [2.75, 3.05) is 0 Å². The fourth-order valence-corrected chi connectivity index (χ4v) is 3.29. The molecule has 0 bridgehead atoms. The van der Waals surface area contributed by atoms with Gasteiger partial charge in [-0.25, -0.2) is 4.79 Å². The number of aryl methyl sites for hydroxylation is 2. The molecular weight excluding hydrogens is 332 g/mol. The summed E-state index contributed by atoms with van der Waals surface area (Å²) >= 11 is 0. The first-order valence-corrected chi connectivity index (χ1v) is 9.29. The van der Waals surface area contributed by atoms with Crippen molar-refractivity contribution < 1.29 is 9.53 Å². The van der Waals surface area contributed by atoms with Gasteiger partial charge in [0.25, 0.3) is 0 Å². The van der Waals surface area contributed by atoms with Gasteiger partial charge < -0.3 is 4.74 Å². The summed E-state index contributed by atoms with van der Waals surface area (Å²) in [5, 5.41) is 0. The van der Waals surface area contributed by atoms with Crippen molar-refractivity contribution in [1.82, 2.24) is 0 Å². The summed E-state index contributed by atoms with van der Waals surface area (Å²) in [7, 11) is 0. The predicted octanol–water partition coefficient (Wildman–Crippen LogP) is 5.18. The third-order valence-electron chi connectivity index (χ3n) is 4.78. The monoisotopic (exact) mass is 352 g/mol. The molecule has 0 radical (unpaired) electrons. The van der Waals surface area contributed by atoms with Gasteiger partial charge in [-0.3, -0.25) is 0 Å². The molecule has 3 aromatic rings. The zero-order chi connectivity index (χ0) is 18.5. The Hall–Kier alpha value is -3.31. The molecule has 0 amide bonds. The summed E-state index contributed by atoms with van der Waals surface area (Å²) in [6.07, 6.45) is 4.63. The number of ether oxygens (including phenoxy) is 1. The highest BCUT2D eigenvalue weighted by Gasteiger charge is 2.13. The number of hydrogen-bond acceptors (Lipinski definition) is 2. The van der Waals surface area contributed by atoms with Gasteiger partial charge in [0.05, 0.1) is 5.56 Å². The Morgan fingerprint density at radius 3 is 2.15 bits per heavy atom. The van der Waals surface area contributed by atoms with E-state index in [1.165, 1.54) is 24.0 Å². The van der Waals surface area contributed by atoms with Gasteiger partial charge in [0.1, 0.15) is 5.75 Å². The van der Waals surface area contributed by atoms with Gasteiger partial charge in [-0.1, -0.05) is 36.1 Å². The minimum absolute atomic E-state index is 0.340. The molecule has 0 N–H and O–H groups in total. The van der Waals surface area contributed by atoms with E-state index in [9.17, 15) is 4.79 Å². The largest absolute Gasteiger partial charge is 0.423 e. The van der Waals surface area contributed by atoms with Gasteiger partial charge >= 0.3 is 5.97 Å². The topological polar surface area (TPSA) is 26.3 Å². The molecule has 132 valence electrons. The average molecular weight is 352 g/mol. The molecule has 0 fully saturated rings. The SMILES string of the molecule is O=C(Oc1ccc2c(c1)CCCC2)c1ccc(C#Cc2ccccc2)cc1. The zero-order valence-electron chi connectivity index (χ0n) is 15.1. The van der Waals surface area contributed by atoms with Crippen LogP contribution in [-0.2, 0) is 12.8 Å². The summed E-state index contributed by atoms with van der Waals surface area (Å²) in [6.45, 7) is 0. The van der Waals surface area contributed by atoms with E-state index >= 15 is 0 Å². The van der Waals surface area contributed by atoms with Crippen LogP contribution in [0.15, 0.2) is 72.8 Å². The standard InChI is InChI=1S/C25H20O2/c26-25(27-24-17-16-21-8-4-5-9-23(21)18-24)22-14-12-20(13-15-22)11-10-19-6-2-1-3-7-19/h1-3,6-7,12-18H,4-5,8-9H2. The van der Waals surface area contributed by atoms with E-state index in [2.05, 4.69) is 17.9 Å². The van der Waals surface area contributed by atoms with Crippen molar-refractivity contribution >= 4 is 5.97 Å². The van der Waals surface area contributed by atoms with Crippen molar-refractivity contribution in [2.45, 2.75) is 25.7 Å². The summed E-state index contributed by atoms with van der Waals surface area (Å²) in [5.74, 6) is 6.50. The highest BCUT2D eigenvalue weighted by atomic mass is 16.5. The molecule has 4 rings (SSSR count). The molecule has 1 aliphatic carbocycles. The van der Waals surface area contributed by atoms with Gasteiger partial charge in [-0.05, 0) is 85.3 Å². The predicted molar refractivity (Wildman–Crippen MR) is 107 cm³/mol. The molecule has 0 unspecified atom stereocenters. The molecule has 0 aliphatic heterocycles. The first kappa shape index (κ1) is 17.1. The van der Waals surface area contributed by atoms with Crippen molar-refractivity contribution in [2.24, 2.45) is 0 Å². The Morgan fingerprint density at radius 1 is 0.741 bits per heavy atom. The van der Waals surface area contributed by atoms with Crippen LogP contribution in [0.1, 0.15) is 45.5 Å². The lowest BCUT2D eigenvalue weighted by molar-refractivity contribution is 0.0734. The van der Waals surface area contributed by atoms with Crippen molar-refractivity contribution in [3.63, 3.8) is 0 Å². The molecular formula is C25H20O2. The lowest BCUT2D eigenvalue weighted by Gasteiger charge is -2.16. The number of carbonyl (C=O) groups is 1. The highest BCUT2D eigenvalue weighted by Crippen LogP contribution is 2.25. The van der Waals surface area contributed by atoms with Crippen LogP contribution in [0, 0.1) is 11.8 Å². The smallest absolute Gasteiger partial charge is 0.343 e. The summed E-state index contributed by atoms with van der Waals surface area (Å²) < 4.78 is 5.56. The van der Waals surface area contributed by atoms with E-state index in [4.69, 9.17) is 4.74 Å². The minimum Gasteiger partial charge on any atom is -0.423 e. The van der Waals surface area contributed by atoms with E-state index in [0.29, 0.717) is 11.3 Å². The maximum atomic E-state index is 12.4. The molecule has 1 aliphatic rings. The van der Waals surface area contributed by atoms with Crippen LogP contribution in [-0.4, -0.2) is 5.97 Å². The maximum absolute atomic E-state index is 12.4. The molecule has 0 aromatic heterocycles. The molecule has 0 saturated heterocycles. The van der Waals surface area contributed by atoms with Crippen molar-refractivity contribution in [3.8, 4) is 17.6 Å². The fraction of sp³-hybridized carbons (Fsp3) is 0.160. The van der Waals surface area contributed by atoms with Crippen LogP contribution in [0.2, 0.25) is 0 Å². The Balaban J connectivity index is 1.44. The molecule has 0 heterocycles. The quantitative estimate of drug-likeness (QED) is 0.361. The Kier molecular flexibility index (Phi) is 5.03. The van der Waals surface area contributed by atoms with Crippen LogP contribution >= 0.6 is 0 Å². The lowest BCUT2D eigenvalue weighted by Crippen LogP contribution is -2.09. The maximum Gasteiger partial charge on any atom is 0.343 e. The number of esters is 1. The summed E-state index contributed by atoms with van der Waals surface area (Å²) in [6, 6.07) is 23.0. The molecule has 3 aromatic carbocycles. The van der Waals surface area contributed by atoms with E-state index in [1.807, 2.05) is 54.6 Å². The zero-order valence-corrected chi connectivity index (χ0v) is 15.1. The van der Waals surface area contributed by atoms with Crippen LogP contribution in [0.4, 0.5) is 0 Å². The minimum atomic E-state index is -0.340. The number of fused-ring (bicyclic) bond motifs is 1. The number of benzene rings is 3. The lowest BCUT2D eigenvalue weighted by atomic mass is 9.92. The van der Waals surface area contributed by atoms with Gasteiger partial charge in [0, 0.05) is 11.1 Å². The second kappa shape index (κ2) is 7.93. The Morgan fingerprint density at radius 2 is 1.41 bits per heavy atom. The fourth-order valence-electron chi connectivity index (χ4n) is 3.29. The number of carbonyl (C=O) groups excluding carboxylic acids is 1. The van der Waals surface area contributed by atoms with E-state index in [1.54, 1.807) is 12.1 Å². The average Bonchev–Trinajstić information content (AvgIpc) is 2.73. The third kappa shape index (κ3) is 4.27. The summed E-state index contributed by atoms with van der Waals surface area (Å²) in [5.41, 5.74) is 5.04.